The molecule has 0 aliphatic heterocycles. The summed E-state index contributed by atoms with van der Waals surface area (Å²) in [5.41, 5.74) is 6.88. The summed E-state index contributed by atoms with van der Waals surface area (Å²) in [5, 5.41) is 16.5. The maximum Gasteiger partial charge on any atom is 0.407 e. The van der Waals surface area contributed by atoms with Gasteiger partial charge in [-0.25, -0.2) is 18.2 Å². The van der Waals surface area contributed by atoms with E-state index >= 15 is 0 Å². The second kappa shape index (κ2) is 14.8. The summed E-state index contributed by atoms with van der Waals surface area (Å²) in [5.74, 6) is -0.142. The molecule has 51 heavy (non-hydrogen) atoms. The summed E-state index contributed by atoms with van der Waals surface area (Å²) in [7, 11) is -4.01. The number of imidazole rings is 1. The SMILES string of the molecule is CC(C)CN(C[C@@H](O)[C@H](Cc1ccccc1)NC(=O)OCC1c2ccccc2-c2ccccc21)S(=O)(=O)c1ccc(-c2cn3ccsc3n2)cc1. The van der Waals surface area contributed by atoms with Crippen LogP contribution in [0, 0.1) is 5.92 Å². The van der Waals surface area contributed by atoms with E-state index < -0.39 is 28.3 Å². The zero-order chi connectivity index (χ0) is 35.5. The maximum atomic E-state index is 14.1. The Morgan fingerprint density at radius 3 is 2.22 bits per heavy atom. The van der Waals surface area contributed by atoms with E-state index in [2.05, 4.69) is 34.6 Å². The topological polar surface area (TPSA) is 113 Å². The molecule has 0 saturated carbocycles. The molecule has 1 amide bonds. The molecule has 2 heterocycles. The van der Waals surface area contributed by atoms with E-state index in [4.69, 9.17) is 4.74 Å². The van der Waals surface area contributed by atoms with Gasteiger partial charge in [-0.15, -0.1) is 11.3 Å². The highest BCUT2D eigenvalue weighted by molar-refractivity contribution is 7.89. The molecule has 7 rings (SSSR count). The van der Waals surface area contributed by atoms with Crippen molar-refractivity contribution in [2.24, 2.45) is 5.92 Å². The van der Waals surface area contributed by atoms with Crippen molar-refractivity contribution in [1.29, 1.82) is 0 Å². The number of carbonyl (C=O) groups is 1. The Balaban J connectivity index is 1.08. The van der Waals surface area contributed by atoms with E-state index in [1.54, 1.807) is 24.3 Å². The highest BCUT2D eigenvalue weighted by atomic mass is 32.2. The Bertz CT molecular complexity index is 2160. The van der Waals surface area contributed by atoms with E-state index in [1.165, 1.54) is 15.6 Å². The van der Waals surface area contributed by atoms with Crippen LogP contribution in [-0.2, 0) is 21.2 Å². The minimum absolute atomic E-state index is 0.0209. The zero-order valence-electron chi connectivity index (χ0n) is 28.4. The average Bonchev–Trinajstić information content (AvgIpc) is 3.83. The molecule has 0 fully saturated rings. The van der Waals surface area contributed by atoms with Gasteiger partial charge in [-0.3, -0.25) is 4.40 Å². The predicted molar refractivity (Wildman–Crippen MR) is 200 cm³/mol. The number of amides is 1. The van der Waals surface area contributed by atoms with Gasteiger partial charge in [0.15, 0.2) is 4.96 Å². The number of alkyl carbamates (subject to hydrolysis) is 1. The fourth-order valence-electron chi connectivity index (χ4n) is 6.77. The third-order valence-corrected chi connectivity index (χ3v) is 11.9. The summed E-state index contributed by atoms with van der Waals surface area (Å²) in [6.45, 7) is 3.94. The van der Waals surface area contributed by atoms with Crippen molar-refractivity contribution in [3.8, 4) is 22.4 Å². The fraction of sp³-hybridized carbons (Fsp3) is 0.250. The third kappa shape index (κ3) is 7.48. The lowest BCUT2D eigenvalue weighted by Crippen LogP contribution is -2.51. The number of hydrogen-bond donors (Lipinski definition) is 2. The smallest absolute Gasteiger partial charge is 0.407 e. The first-order valence-electron chi connectivity index (χ1n) is 17.0. The van der Waals surface area contributed by atoms with Gasteiger partial charge < -0.3 is 15.2 Å². The summed E-state index contributed by atoms with van der Waals surface area (Å²) < 4.78 is 37.2. The van der Waals surface area contributed by atoms with Crippen LogP contribution in [0.25, 0.3) is 27.3 Å². The van der Waals surface area contributed by atoms with Crippen molar-refractivity contribution in [2.75, 3.05) is 19.7 Å². The molecule has 0 bridgehead atoms. The first-order valence-corrected chi connectivity index (χ1v) is 19.4. The first-order chi connectivity index (χ1) is 24.7. The Kier molecular flexibility index (Phi) is 10.1. The molecule has 1 aliphatic carbocycles. The molecule has 0 radical (unpaired) electrons. The number of carbonyl (C=O) groups excluding carboxylic acids is 1. The van der Waals surface area contributed by atoms with Gasteiger partial charge in [0.1, 0.15) is 6.61 Å². The van der Waals surface area contributed by atoms with E-state index in [0.29, 0.717) is 0 Å². The molecular formula is C40H40N4O5S2. The standard InChI is InChI=1S/C40H40N4O5S2/c1-27(2)23-44(51(47,48)30-18-16-29(17-19-30)37-24-43-20-21-50-39(43)41-37)25-38(45)36(22-28-10-4-3-5-11-28)42-40(46)49-26-35-33-14-8-6-12-31(33)32-13-7-9-15-34(32)35/h3-21,24,27,35-36,38,45H,22-23,25-26H2,1-2H3,(H,42,46)/t36-,38+/m0/s1. The minimum Gasteiger partial charge on any atom is -0.449 e. The lowest BCUT2D eigenvalue weighted by atomic mass is 9.98. The largest absolute Gasteiger partial charge is 0.449 e. The van der Waals surface area contributed by atoms with Crippen LogP contribution in [0.2, 0.25) is 0 Å². The van der Waals surface area contributed by atoms with E-state index in [9.17, 15) is 18.3 Å². The molecule has 1 aliphatic rings. The van der Waals surface area contributed by atoms with E-state index in [-0.39, 0.29) is 42.8 Å². The van der Waals surface area contributed by atoms with Crippen molar-refractivity contribution < 1.29 is 23.1 Å². The summed E-state index contributed by atoms with van der Waals surface area (Å²) in [6, 6.07) is 31.6. The minimum atomic E-state index is -4.01. The Morgan fingerprint density at radius 2 is 1.57 bits per heavy atom. The van der Waals surface area contributed by atoms with Gasteiger partial charge in [0.2, 0.25) is 10.0 Å². The molecule has 9 nitrogen and oxygen atoms in total. The van der Waals surface area contributed by atoms with E-state index in [1.807, 2.05) is 90.6 Å². The average molecular weight is 721 g/mol. The van der Waals surface area contributed by atoms with Crippen LogP contribution in [0.5, 0.6) is 0 Å². The van der Waals surface area contributed by atoms with Crippen LogP contribution < -0.4 is 5.32 Å². The molecule has 0 spiro atoms. The van der Waals surface area contributed by atoms with Gasteiger partial charge >= 0.3 is 6.09 Å². The third-order valence-electron chi connectivity index (χ3n) is 9.25. The number of rotatable bonds is 13. The number of benzene rings is 4. The number of aromatic nitrogens is 2. The molecule has 2 aromatic heterocycles. The summed E-state index contributed by atoms with van der Waals surface area (Å²) in [4.78, 5) is 19.0. The number of sulfonamides is 1. The van der Waals surface area contributed by atoms with Crippen LogP contribution in [0.3, 0.4) is 0 Å². The number of nitrogens with one attached hydrogen (secondary N) is 1. The molecule has 262 valence electrons. The molecule has 0 saturated heterocycles. The van der Waals surface area contributed by atoms with E-state index in [0.717, 1.165) is 44.0 Å². The van der Waals surface area contributed by atoms with Crippen LogP contribution in [0.1, 0.15) is 36.5 Å². The second-order valence-corrected chi connectivity index (χ2v) is 16.1. The number of aliphatic hydroxyl groups is 1. The monoisotopic (exact) mass is 720 g/mol. The molecule has 6 aromatic rings. The Hall–Kier alpha value is -4.81. The molecule has 11 heteroatoms. The number of thiazole rings is 1. The number of hydrogen-bond acceptors (Lipinski definition) is 7. The number of nitrogens with zero attached hydrogens (tertiary/aromatic N) is 3. The Labute approximate surface area is 302 Å². The van der Waals surface area contributed by atoms with Crippen molar-refractivity contribution in [2.45, 2.75) is 43.2 Å². The lowest BCUT2D eigenvalue weighted by molar-refractivity contribution is 0.0885. The quantitative estimate of drug-likeness (QED) is 0.130. The van der Waals surface area contributed by atoms with Crippen molar-refractivity contribution in [3.05, 3.63) is 138 Å². The zero-order valence-corrected chi connectivity index (χ0v) is 30.1. The van der Waals surface area contributed by atoms with Crippen LogP contribution in [0.15, 0.2) is 126 Å². The highest BCUT2D eigenvalue weighted by Gasteiger charge is 2.33. The van der Waals surface area contributed by atoms with Gasteiger partial charge in [-0.1, -0.05) is 105 Å². The number of aliphatic hydroxyl groups excluding tert-OH is 1. The van der Waals surface area contributed by atoms with Gasteiger partial charge in [0, 0.05) is 42.3 Å². The maximum absolute atomic E-state index is 14.1. The van der Waals surface area contributed by atoms with Crippen LogP contribution in [0.4, 0.5) is 4.79 Å². The number of ether oxygens (including phenoxy) is 1. The molecule has 2 atom stereocenters. The normalized spacial score (nSPS) is 14.1. The molecule has 0 unspecified atom stereocenters. The highest BCUT2D eigenvalue weighted by Crippen LogP contribution is 2.44. The fourth-order valence-corrected chi connectivity index (χ4v) is 9.09. The lowest BCUT2D eigenvalue weighted by Gasteiger charge is -2.30. The van der Waals surface area contributed by atoms with Gasteiger partial charge in [-0.2, -0.15) is 4.31 Å². The van der Waals surface area contributed by atoms with Crippen LogP contribution in [-0.4, -0.2) is 65.1 Å². The first kappa shape index (κ1) is 34.6. The van der Waals surface area contributed by atoms with Gasteiger partial charge in [0.25, 0.3) is 0 Å². The second-order valence-electron chi connectivity index (χ2n) is 13.3. The predicted octanol–water partition coefficient (Wildman–Crippen LogP) is 7.22. The van der Waals surface area contributed by atoms with Crippen molar-refractivity contribution in [1.82, 2.24) is 19.0 Å². The van der Waals surface area contributed by atoms with Crippen molar-refractivity contribution in [3.63, 3.8) is 0 Å². The number of fused-ring (bicyclic) bond motifs is 4. The summed E-state index contributed by atoms with van der Waals surface area (Å²) in [6.07, 6.45) is 2.20. The van der Waals surface area contributed by atoms with Crippen LogP contribution >= 0.6 is 11.3 Å². The Morgan fingerprint density at radius 1 is 0.922 bits per heavy atom. The molecule has 2 N–H and O–H groups in total. The van der Waals surface area contributed by atoms with Crippen molar-refractivity contribution >= 4 is 32.4 Å². The molecular weight excluding hydrogens is 681 g/mol. The van der Waals surface area contributed by atoms with Gasteiger partial charge in [0.05, 0.1) is 22.7 Å². The molecule has 4 aromatic carbocycles. The van der Waals surface area contributed by atoms with Gasteiger partial charge in [-0.05, 0) is 52.3 Å². The summed E-state index contributed by atoms with van der Waals surface area (Å²) >= 11 is 1.53.